The topological polar surface area (TPSA) is 71.3 Å². The van der Waals surface area contributed by atoms with E-state index in [0.29, 0.717) is 37.6 Å². The van der Waals surface area contributed by atoms with Gasteiger partial charge >= 0.3 is 6.18 Å². The summed E-state index contributed by atoms with van der Waals surface area (Å²) in [5.41, 5.74) is 0.816. The maximum Gasteiger partial charge on any atom is 0.417 e. The molecule has 1 aliphatic rings. The molecule has 140 valence electrons. The Labute approximate surface area is 148 Å². The molecule has 1 amide bonds. The number of halogens is 3. The molecule has 0 aromatic carbocycles. The molecule has 2 aromatic heterocycles. The zero-order valence-corrected chi connectivity index (χ0v) is 14.4. The Hall–Kier alpha value is -2.58. The van der Waals surface area contributed by atoms with Crippen LogP contribution in [0.1, 0.15) is 29.0 Å². The van der Waals surface area contributed by atoms with E-state index in [2.05, 4.69) is 15.5 Å². The molecule has 9 heteroatoms. The van der Waals surface area contributed by atoms with Crippen LogP contribution in [0.25, 0.3) is 0 Å². The highest BCUT2D eigenvalue weighted by molar-refractivity contribution is 5.80. The molecule has 6 nitrogen and oxygen atoms in total. The Morgan fingerprint density at radius 2 is 2.15 bits per heavy atom. The molecule has 1 N–H and O–H groups in total. The highest BCUT2D eigenvalue weighted by Gasteiger charge is 2.32. The Morgan fingerprint density at radius 3 is 2.73 bits per heavy atom. The molecule has 26 heavy (non-hydrogen) atoms. The fourth-order valence-electron chi connectivity index (χ4n) is 3.00. The molecule has 1 fully saturated rings. The number of aromatic nitrogens is 2. The van der Waals surface area contributed by atoms with Gasteiger partial charge in [-0.3, -0.25) is 4.79 Å². The number of alkyl halides is 3. The van der Waals surface area contributed by atoms with Crippen molar-refractivity contribution < 1.29 is 22.5 Å². The predicted molar refractivity (Wildman–Crippen MR) is 87.4 cm³/mol. The normalized spacial score (nSPS) is 17.6. The fraction of sp³-hybridized carbons (Fsp3) is 0.471. The molecule has 1 atom stereocenters. The van der Waals surface area contributed by atoms with Crippen molar-refractivity contribution in [2.24, 2.45) is 5.92 Å². The van der Waals surface area contributed by atoms with Gasteiger partial charge in [0.25, 0.3) is 0 Å². The Balaban J connectivity index is 1.57. The maximum absolute atomic E-state index is 12.6. The second kappa shape index (κ2) is 6.97. The highest BCUT2D eigenvalue weighted by Crippen LogP contribution is 2.30. The number of nitrogens with zero attached hydrogens (tertiary/aromatic N) is 3. The quantitative estimate of drug-likeness (QED) is 0.899. The van der Waals surface area contributed by atoms with Gasteiger partial charge in [0.05, 0.1) is 17.2 Å². The number of pyridine rings is 1. The largest absolute Gasteiger partial charge is 0.417 e. The van der Waals surface area contributed by atoms with Crippen molar-refractivity contribution in [1.29, 1.82) is 0 Å². The molecular weight excluding hydrogens is 349 g/mol. The molecule has 0 aliphatic carbocycles. The van der Waals surface area contributed by atoms with E-state index in [1.165, 1.54) is 6.07 Å². The number of amides is 1. The first-order valence-corrected chi connectivity index (χ1v) is 8.23. The van der Waals surface area contributed by atoms with Gasteiger partial charge in [-0.25, -0.2) is 4.98 Å². The molecule has 0 spiro atoms. The van der Waals surface area contributed by atoms with E-state index in [-0.39, 0.29) is 11.8 Å². The third kappa shape index (κ3) is 3.81. The number of nitrogens with one attached hydrogen (secondary N) is 1. The third-order valence-corrected chi connectivity index (χ3v) is 4.58. The van der Waals surface area contributed by atoms with Gasteiger partial charge < -0.3 is 14.7 Å². The molecule has 3 rings (SSSR count). The standard InChI is InChI=1S/C17H19F3N4O2/c1-10-14(11(2)26-23-10)8-22-16(25)12-5-6-24(9-12)15-4-3-13(7-21-15)17(18,19)20/h3-4,7,12H,5-6,8-9H2,1-2H3,(H,22,25). The van der Waals surface area contributed by atoms with Crippen molar-refractivity contribution in [3.05, 3.63) is 40.9 Å². The van der Waals surface area contributed by atoms with Gasteiger partial charge in [0.15, 0.2) is 0 Å². The minimum atomic E-state index is -4.41. The maximum atomic E-state index is 12.6. The van der Waals surface area contributed by atoms with Crippen LogP contribution in [0.15, 0.2) is 22.9 Å². The second-order valence-corrected chi connectivity index (χ2v) is 6.35. The van der Waals surface area contributed by atoms with E-state index in [0.717, 1.165) is 23.5 Å². The lowest BCUT2D eigenvalue weighted by molar-refractivity contribution is -0.137. The van der Waals surface area contributed by atoms with Crippen molar-refractivity contribution in [1.82, 2.24) is 15.5 Å². The summed E-state index contributed by atoms with van der Waals surface area (Å²) in [7, 11) is 0. The van der Waals surface area contributed by atoms with Crippen molar-refractivity contribution in [3.63, 3.8) is 0 Å². The van der Waals surface area contributed by atoms with Crippen LogP contribution in [0.2, 0.25) is 0 Å². The first kappa shape index (κ1) is 18.2. The molecule has 0 radical (unpaired) electrons. The highest BCUT2D eigenvalue weighted by atomic mass is 19.4. The van der Waals surface area contributed by atoms with E-state index in [9.17, 15) is 18.0 Å². The lowest BCUT2D eigenvalue weighted by Gasteiger charge is -2.18. The predicted octanol–water partition coefficient (Wildman–Crippen LogP) is 2.85. The van der Waals surface area contributed by atoms with Crippen molar-refractivity contribution in [2.45, 2.75) is 33.0 Å². The number of carbonyl (C=O) groups is 1. The summed E-state index contributed by atoms with van der Waals surface area (Å²) in [6.45, 7) is 4.93. The van der Waals surface area contributed by atoms with Crippen molar-refractivity contribution >= 4 is 11.7 Å². The fourth-order valence-corrected chi connectivity index (χ4v) is 3.00. The summed E-state index contributed by atoms with van der Waals surface area (Å²) in [6, 6.07) is 2.35. The van der Waals surface area contributed by atoms with E-state index in [1.807, 2.05) is 11.8 Å². The molecule has 2 aromatic rings. The molecule has 1 unspecified atom stereocenters. The third-order valence-electron chi connectivity index (χ3n) is 4.58. The Morgan fingerprint density at radius 1 is 1.38 bits per heavy atom. The van der Waals surface area contributed by atoms with Crippen LogP contribution in [0, 0.1) is 19.8 Å². The van der Waals surface area contributed by atoms with Gasteiger partial charge in [0.2, 0.25) is 5.91 Å². The average molecular weight is 368 g/mol. The zero-order chi connectivity index (χ0) is 18.9. The number of anilines is 1. The van der Waals surface area contributed by atoms with Crippen LogP contribution in [-0.4, -0.2) is 29.1 Å². The number of carbonyl (C=O) groups excluding carboxylic acids is 1. The van der Waals surface area contributed by atoms with Crippen LogP contribution in [0.3, 0.4) is 0 Å². The van der Waals surface area contributed by atoms with Gasteiger partial charge in [-0.1, -0.05) is 5.16 Å². The minimum absolute atomic E-state index is 0.0978. The molecule has 3 heterocycles. The Kier molecular flexibility index (Phi) is 4.88. The summed E-state index contributed by atoms with van der Waals surface area (Å²) in [4.78, 5) is 18.1. The van der Waals surface area contributed by atoms with Crippen LogP contribution in [0.5, 0.6) is 0 Å². The summed E-state index contributed by atoms with van der Waals surface area (Å²) >= 11 is 0. The van der Waals surface area contributed by atoms with Gasteiger partial charge in [-0.05, 0) is 32.4 Å². The monoisotopic (exact) mass is 368 g/mol. The number of rotatable bonds is 4. The molecule has 1 saturated heterocycles. The second-order valence-electron chi connectivity index (χ2n) is 6.35. The number of hydrogen-bond donors (Lipinski definition) is 1. The van der Waals surface area contributed by atoms with E-state index >= 15 is 0 Å². The SMILES string of the molecule is Cc1noc(C)c1CNC(=O)C1CCN(c2ccc(C(F)(F)F)cn2)C1. The lowest BCUT2D eigenvalue weighted by atomic mass is 10.1. The molecule has 0 bridgehead atoms. The number of aryl methyl sites for hydroxylation is 2. The summed E-state index contributed by atoms with van der Waals surface area (Å²) in [5, 5.41) is 6.72. The first-order valence-electron chi connectivity index (χ1n) is 8.23. The van der Waals surface area contributed by atoms with E-state index in [4.69, 9.17) is 4.52 Å². The smallest absolute Gasteiger partial charge is 0.361 e. The van der Waals surface area contributed by atoms with Crippen LogP contribution >= 0.6 is 0 Å². The first-order chi connectivity index (χ1) is 12.3. The van der Waals surface area contributed by atoms with E-state index < -0.39 is 11.7 Å². The lowest BCUT2D eigenvalue weighted by Crippen LogP contribution is -2.32. The van der Waals surface area contributed by atoms with Gasteiger partial charge in [-0.2, -0.15) is 13.2 Å². The van der Waals surface area contributed by atoms with Crippen LogP contribution in [-0.2, 0) is 17.5 Å². The minimum Gasteiger partial charge on any atom is -0.361 e. The summed E-state index contributed by atoms with van der Waals surface area (Å²) in [6.07, 6.45) is -2.96. The van der Waals surface area contributed by atoms with Gasteiger partial charge in [0, 0.05) is 31.4 Å². The Bertz CT molecular complexity index is 767. The summed E-state index contributed by atoms with van der Waals surface area (Å²) in [5.74, 6) is 0.780. The van der Waals surface area contributed by atoms with E-state index in [1.54, 1.807) is 6.92 Å². The van der Waals surface area contributed by atoms with Crippen molar-refractivity contribution in [2.75, 3.05) is 18.0 Å². The zero-order valence-electron chi connectivity index (χ0n) is 14.4. The van der Waals surface area contributed by atoms with Gasteiger partial charge in [0.1, 0.15) is 11.6 Å². The summed E-state index contributed by atoms with van der Waals surface area (Å²) < 4.78 is 42.9. The molecule has 1 aliphatic heterocycles. The van der Waals surface area contributed by atoms with Gasteiger partial charge in [-0.15, -0.1) is 0 Å². The van der Waals surface area contributed by atoms with Crippen LogP contribution < -0.4 is 10.2 Å². The van der Waals surface area contributed by atoms with Crippen LogP contribution in [0.4, 0.5) is 19.0 Å². The molecule has 0 saturated carbocycles. The van der Waals surface area contributed by atoms with Crippen molar-refractivity contribution in [3.8, 4) is 0 Å². The average Bonchev–Trinajstić information content (AvgIpc) is 3.20. The number of hydrogen-bond acceptors (Lipinski definition) is 5. The molecular formula is C17H19F3N4O2.